The van der Waals surface area contributed by atoms with Crippen molar-refractivity contribution >= 4 is 85.0 Å². The largest absolute Gasteiger partial charge is 2.00 e. The molecule has 0 rings (SSSR count). The molecule has 0 radical (unpaired) electrons. The number of rotatable bonds is 10. The van der Waals surface area contributed by atoms with E-state index in [0.29, 0.717) is 24.3 Å². The van der Waals surface area contributed by atoms with Crippen molar-refractivity contribution in [2.75, 3.05) is 24.0 Å². The average Bonchev–Trinajstić information content (AvgIpc) is 2.47. The second kappa shape index (κ2) is 18.6. The number of thioether (sulfide) groups is 2. The molecule has 0 aliphatic heterocycles. The number of hydrogen-bond donors (Lipinski definition) is 2. The van der Waals surface area contributed by atoms with Crippen LogP contribution in [0.3, 0.4) is 0 Å². The molecule has 140 valence electrons. The van der Waals surface area contributed by atoms with Crippen LogP contribution in [-0.4, -0.2) is 97.6 Å². The van der Waals surface area contributed by atoms with Gasteiger partial charge in [0.05, 0.1) is 24.0 Å². The molecule has 0 saturated carbocycles. The topological polar surface area (TPSA) is 138 Å². The minimum atomic E-state index is -1.22. The molecular formula is C14H24CaN2O6S2. The van der Waals surface area contributed by atoms with Gasteiger partial charge in [0.2, 0.25) is 11.8 Å². The molecule has 2 atom stereocenters. The van der Waals surface area contributed by atoms with Crippen molar-refractivity contribution in [3.8, 4) is 0 Å². The predicted molar refractivity (Wildman–Crippen MR) is 97.0 cm³/mol. The molecular weight excluding hydrogens is 396 g/mol. The third-order valence-corrected chi connectivity index (χ3v) is 3.83. The van der Waals surface area contributed by atoms with E-state index in [1.54, 1.807) is 0 Å². The van der Waals surface area contributed by atoms with E-state index in [-0.39, 0.29) is 49.6 Å². The van der Waals surface area contributed by atoms with Gasteiger partial charge in [-0.1, -0.05) is 0 Å². The third kappa shape index (κ3) is 20.0. The van der Waals surface area contributed by atoms with Crippen LogP contribution in [0.15, 0.2) is 0 Å². The van der Waals surface area contributed by atoms with Crippen molar-refractivity contribution in [3.63, 3.8) is 0 Å². The van der Waals surface area contributed by atoms with Gasteiger partial charge in [0.1, 0.15) is 0 Å². The standard InChI is InChI=1S/2C7H13NO3S.Ca/c2*1-5(9)8-6(7(10)11)3-4-12-2;/h2*6H,3-4H2,1-2H3,(H,8,9)(H,10,11);/q;;+2/p-2. The summed E-state index contributed by atoms with van der Waals surface area (Å²) in [4.78, 5) is 41.8. The van der Waals surface area contributed by atoms with Crippen LogP contribution in [0, 0.1) is 0 Å². The van der Waals surface area contributed by atoms with Gasteiger partial charge < -0.3 is 30.4 Å². The molecule has 0 aromatic carbocycles. The summed E-state index contributed by atoms with van der Waals surface area (Å²) in [6, 6.07) is -1.70. The van der Waals surface area contributed by atoms with Crippen LogP contribution in [0.2, 0.25) is 0 Å². The van der Waals surface area contributed by atoms with E-state index < -0.39 is 24.0 Å². The van der Waals surface area contributed by atoms with Gasteiger partial charge in [-0.25, -0.2) is 0 Å². The Morgan fingerprint density at radius 2 is 1.08 bits per heavy atom. The smallest absolute Gasteiger partial charge is 0.548 e. The van der Waals surface area contributed by atoms with Crippen LogP contribution in [-0.2, 0) is 19.2 Å². The summed E-state index contributed by atoms with van der Waals surface area (Å²) in [5.41, 5.74) is 0. The van der Waals surface area contributed by atoms with Crippen molar-refractivity contribution in [1.29, 1.82) is 0 Å². The maximum atomic E-state index is 10.5. The zero-order chi connectivity index (χ0) is 19.1. The van der Waals surface area contributed by atoms with Crippen LogP contribution in [0.1, 0.15) is 26.7 Å². The minimum absolute atomic E-state index is 0. The van der Waals surface area contributed by atoms with Crippen molar-refractivity contribution in [2.45, 2.75) is 38.8 Å². The normalized spacial score (nSPS) is 11.7. The van der Waals surface area contributed by atoms with Gasteiger partial charge in [0.25, 0.3) is 0 Å². The van der Waals surface area contributed by atoms with E-state index in [0.717, 1.165) is 0 Å². The molecule has 8 nitrogen and oxygen atoms in total. The zero-order valence-corrected chi connectivity index (χ0v) is 18.8. The SMILES string of the molecule is CSCCC(NC(C)=O)C(=O)[O-].CSCCC(NC(C)=O)C(=O)[O-].[Ca+2]. The van der Waals surface area contributed by atoms with Crippen LogP contribution < -0.4 is 20.8 Å². The first-order valence-electron chi connectivity index (χ1n) is 7.09. The van der Waals surface area contributed by atoms with Crippen LogP contribution >= 0.6 is 23.5 Å². The van der Waals surface area contributed by atoms with Gasteiger partial charge in [0.15, 0.2) is 0 Å². The van der Waals surface area contributed by atoms with Crippen LogP contribution in [0.5, 0.6) is 0 Å². The predicted octanol–water partition coefficient (Wildman–Crippen LogP) is -2.39. The maximum Gasteiger partial charge on any atom is 2.00 e. The second-order valence-corrected chi connectivity index (χ2v) is 6.68. The molecule has 0 saturated heterocycles. The van der Waals surface area contributed by atoms with Crippen LogP contribution in [0.4, 0.5) is 0 Å². The summed E-state index contributed by atoms with van der Waals surface area (Å²) in [5.74, 6) is -1.74. The van der Waals surface area contributed by atoms with E-state index >= 15 is 0 Å². The number of nitrogens with one attached hydrogen (secondary N) is 2. The van der Waals surface area contributed by atoms with Gasteiger partial charge in [-0.15, -0.1) is 0 Å². The van der Waals surface area contributed by atoms with E-state index in [1.165, 1.54) is 37.4 Å². The quantitative estimate of drug-likeness (QED) is 0.373. The number of carboxylic acids is 2. The number of aliphatic carboxylic acids is 2. The minimum Gasteiger partial charge on any atom is -0.548 e. The third-order valence-electron chi connectivity index (χ3n) is 2.55. The van der Waals surface area contributed by atoms with Crippen molar-refractivity contribution in [1.82, 2.24) is 10.6 Å². The van der Waals surface area contributed by atoms with E-state index in [4.69, 9.17) is 0 Å². The first kappa shape index (κ1) is 29.6. The summed E-state index contributed by atoms with van der Waals surface area (Å²) in [7, 11) is 0. The molecule has 2 amide bonds. The summed E-state index contributed by atoms with van der Waals surface area (Å²) in [6.45, 7) is 2.57. The monoisotopic (exact) mass is 420 g/mol. The molecule has 2 unspecified atom stereocenters. The summed E-state index contributed by atoms with van der Waals surface area (Å²) < 4.78 is 0. The Hall–Kier alpha value is -0.160. The van der Waals surface area contributed by atoms with Gasteiger partial charge in [-0.3, -0.25) is 9.59 Å². The summed E-state index contributed by atoms with van der Waals surface area (Å²) in [5, 5.41) is 25.4. The molecule has 0 aliphatic rings. The fraction of sp³-hybridized carbons (Fsp3) is 0.714. The second-order valence-electron chi connectivity index (χ2n) is 4.71. The Balaban J connectivity index is -0.000000372. The number of carbonyl (C=O) groups excluding carboxylic acids is 4. The number of carbonyl (C=O) groups is 4. The first-order chi connectivity index (χ1) is 11.1. The van der Waals surface area contributed by atoms with Crippen molar-refractivity contribution in [3.05, 3.63) is 0 Å². The molecule has 0 aromatic rings. The van der Waals surface area contributed by atoms with E-state index in [1.807, 2.05) is 12.5 Å². The molecule has 11 heteroatoms. The molecule has 0 spiro atoms. The molecule has 0 aliphatic carbocycles. The molecule has 2 N–H and O–H groups in total. The zero-order valence-electron chi connectivity index (χ0n) is 15.0. The fourth-order valence-corrected chi connectivity index (χ4v) is 2.40. The Bertz CT molecular complexity index is 388. The molecule has 0 heterocycles. The Morgan fingerprint density at radius 3 is 1.24 bits per heavy atom. The maximum absolute atomic E-state index is 10.5. The number of carboxylic acid groups (broad SMARTS) is 2. The van der Waals surface area contributed by atoms with Crippen LogP contribution in [0.25, 0.3) is 0 Å². The number of hydrogen-bond acceptors (Lipinski definition) is 8. The Morgan fingerprint density at radius 1 is 0.800 bits per heavy atom. The van der Waals surface area contributed by atoms with E-state index in [9.17, 15) is 29.4 Å². The van der Waals surface area contributed by atoms with Gasteiger partial charge in [0, 0.05) is 13.8 Å². The summed E-state index contributed by atoms with van der Waals surface area (Å²) in [6.07, 6.45) is 4.56. The molecule has 0 bridgehead atoms. The van der Waals surface area contributed by atoms with Crippen molar-refractivity contribution in [2.24, 2.45) is 0 Å². The molecule has 0 aromatic heterocycles. The summed E-state index contributed by atoms with van der Waals surface area (Å²) >= 11 is 3.06. The van der Waals surface area contributed by atoms with Crippen molar-refractivity contribution < 1.29 is 29.4 Å². The first-order valence-corrected chi connectivity index (χ1v) is 9.88. The average molecular weight is 421 g/mol. The number of amides is 2. The Labute approximate surface area is 186 Å². The fourth-order valence-electron chi connectivity index (χ4n) is 1.46. The molecule has 25 heavy (non-hydrogen) atoms. The van der Waals surface area contributed by atoms with E-state index in [2.05, 4.69) is 10.6 Å². The van der Waals surface area contributed by atoms with Gasteiger partial charge in [-0.2, -0.15) is 23.5 Å². The van der Waals surface area contributed by atoms with Gasteiger partial charge in [-0.05, 0) is 36.9 Å². The molecule has 0 fully saturated rings. The van der Waals surface area contributed by atoms with Gasteiger partial charge >= 0.3 is 37.7 Å². The Kier molecular flexibility index (Phi) is 22.1.